The molecular formula is C29H34N4O7S. The SMILES string of the molecule is COc1ccc(CN(C(=O)CN(c2ccc([N+](=O)[O-])cc2)S(=O)(=O)c2ccccc2)C(C)C(=O)NCC(C)C)cc1. The van der Waals surface area contributed by atoms with Crippen molar-refractivity contribution in [2.24, 2.45) is 5.92 Å². The van der Waals surface area contributed by atoms with Crippen molar-refractivity contribution in [1.82, 2.24) is 10.2 Å². The molecule has 1 unspecified atom stereocenters. The van der Waals surface area contributed by atoms with E-state index in [-0.39, 0.29) is 34.6 Å². The fraction of sp³-hybridized carbons (Fsp3) is 0.310. The van der Waals surface area contributed by atoms with E-state index < -0.39 is 33.4 Å². The number of nitrogens with zero attached hydrogens (tertiary/aromatic N) is 3. The van der Waals surface area contributed by atoms with Crippen LogP contribution in [0.1, 0.15) is 26.3 Å². The molecular weight excluding hydrogens is 548 g/mol. The lowest BCUT2D eigenvalue weighted by atomic mass is 10.1. The molecule has 0 spiro atoms. The fourth-order valence-corrected chi connectivity index (χ4v) is 5.39. The maximum absolute atomic E-state index is 13.9. The second-order valence-corrected chi connectivity index (χ2v) is 11.6. The molecule has 3 rings (SSSR count). The molecule has 0 aromatic heterocycles. The van der Waals surface area contributed by atoms with Crippen LogP contribution in [0.25, 0.3) is 0 Å². The lowest BCUT2D eigenvalue weighted by Gasteiger charge is -2.32. The van der Waals surface area contributed by atoms with Gasteiger partial charge in [-0.25, -0.2) is 8.42 Å². The molecule has 1 N–H and O–H groups in total. The highest BCUT2D eigenvalue weighted by molar-refractivity contribution is 7.92. The van der Waals surface area contributed by atoms with Crippen LogP contribution in [0.2, 0.25) is 0 Å². The first-order chi connectivity index (χ1) is 19.4. The first-order valence-electron chi connectivity index (χ1n) is 13.0. The number of rotatable bonds is 13. The molecule has 3 aromatic carbocycles. The lowest BCUT2D eigenvalue weighted by Crippen LogP contribution is -2.51. The fourth-order valence-electron chi connectivity index (χ4n) is 3.95. The van der Waals surface area contributed by atoms with E-state index in [9.17, 15) is 28.1 Å². The van der Waals surface area contributed by atoms with E-state index in [2.05, 4.69) is 5.32 Å². The molecule has 3 aromatic rings. The predicted octanol–water partition coefficient (Wildman–Crippen LogP) is 3.99. The minimum absolute atomic E-state index is 0.0264. The van der Waals surface area contributed by atoms with Gasteiger partial charge in [-0.2, -0.15) is 0 Å². The van der Waals surface area contributed by atoms with Crippen molar-refractivity contribution in [1.29, 1.82) is 0 Å². The van der Waals surface area contributed by atoms with Gasteiger partial charge in [0.25, 0.3) is 15.7 Å². The molecule has 0 saturated heterocycles. The third-order valence-electron chi connectivity index (χ3n) is 6.32. The zero-order valence-corrected chi connectivity index (χ0v) is 24.2. The summed E-state index contributed by atoms with van der Waals surface area (Å²) in [6.07, 6.45) is 0. The van der Waals surface area contributed by atoms with Crippen LogP contribution in [0.15, 0.2) is 83.8 Å². The second kappa shape index (κ2) is 13.8. The van der Waals surface area contributed by atoms with Crippen molar-refractivity contribution >= 4 is 33.2 Å². The molecule has 0 aliphatic heterocycles. The van der Waals surface area contributed by atoms with Gasteiger partial charge in [0.1, 0.15) is 18.3 Å². The highest BCUT2D eigenvalue weighted by Crippen LogP contribution is 2.26. The van der Waals surface area contributed by atoms with Crippen molar-refractivity contribution in [2.75, 3.05) is 24.5 Å². The average Bonchev–Trinajstić information content (AvgIpc) is 2.97. The minimum Gasteiger partial charge on any atom is -0.497 e. The normalized spacial score (nSPS) is 11.9. The number of nitrogens with one attached hydrogen (secondary N) is 1. The van der Waals surface area contributed by atoms with Crippen LogP contribution in [0, 0.1) is 16.0 Å². The zero-order chi connectivity index (χ0) is 30.2. The zero-order valence-electron chi connectivity index (χ0n) is 23.4. The molecule has 0 heterocycles. The van der Waals surface area contributed by atoms with E-state index in [1.54, 1.807) is 49.4 Å². The summed E-state index contributed by atoms with van der Waals surface area (Å²) in [6, 6.07) is 18.5. The number of sulfonamides is 1. The summed E-state index contributed by atoms with van der Waals surface area (Å²) in [6.45, 7) is 5.26. The Morgan fingerprint density at radius 1 is 0.951 bits per heavy atom. The summed E-state index contributed by atoms with van der Waals surface area (Å²) in [5.41, 5.74) is 0.540. The number of carbonyl (C=O) groups excluding carboxylic acids is 2. The highest BCUT2D eigenvalue weighted by Gasteiger charge is 2.32. The van der Waals surface area contributed by atoms with Gasteiger partial charge in [0, 0.05) is 25.2 Å². The molecule has 0 fully saturated rings. The molecule has 0 radical (unpaired) electrons. The first-order valence-corrected chi connectivity index (χ1v) is 14.4. The minimum atomic E-state index is -4.27. The maximum atomic E-state index is 13.9. The van der Waals surface area contributed by atoms with Crippen LogP contribution < -0.4 is 14.4 Å². The number of non-ortho nitro benzene ring substituents is 1. The number of anilines is 1. The molecule has 0 aliphatic carbocycles. The van der Waals surface area contributed by atoms with Gasteiger partial charge in [0.2, 0.25) is 11.8 Å². The number of nitro groups is 1. The van der Waals surface area contributed by atoms with E-state index in [0.717, 1.165) is 4.31 Å². The number of hydrogen-bond acceptors (Lipinski definition) is 7. The van der Waals surface area contributed by atoms with Crippen LogP contribution in [0.3, 0.4) is 0 Å². The van der Waals surface area contributed by atoms with E-state index in [0.29, 0.717) is 17.9 Å². The summed E-state index contributed by atoms with van der Waals surface area (Å²) in [7, 11) is -2.73. The Balaban J connectivity index is 2.01. The largest absolute Gasteiger partial charge is 0.497 e. The maximum Gasteiger partial charge on any atom is 0.269 e. The van der Waals surface area contributed by atoms with Crippen LogP contribution in [-0.4, -0.2) is 56.3 Å². The molecule has 11 nitrogen and oxygen atoms in total. The van der Waals surface area contributed by atoms with Crippen LogP contribution in [0.4, 0.5) is 11.4 Å². The first kappa shape index (κ1) is 31.1. The molecule has 41 heavy (non-hydrogen) atoms. The molecule has 0 saturated carbocycles. The molecule has 0 bridgehead atoms. The third kappa shape index (κ3) is 8.04. The van der Waals surface area contributed by atoms with Crippen LogP contribution in [-0.2, 0) is 26.2 Å². The standard InChI is InChI=1S/C29H34N4O7S/c1-21(2)18-30-29(35)22(3)31(19-23-10-16-26(40-4)17-11-23)28(34)20-32(24-12-14-25(15-13-24)33(36)37)41(38,39)27-8-6-5-7-9-27/h5-17,21-22H,18-20H2,1-4H3,(H,30,35). The smallest absolute Gasteiger partial charge is 0.269 e. The summed E-state index contributed by atoms with van der Waals surface area (Å²) in [5.74, 6) is -0.211. The topological polar surface area (TPSA) is 139 Å². The number of benzene rings is 3. The van der Waals surface area contributed by atoms with Crippen LogP contribution in [0.5, 0.6) is 5.75 Å². The quantitative estimate of drug-likeness (QED) is 0.237. The summed E-state index contributed by atoms with van der Waals surface area (Å²) in [4.78, 5) is 38.8. The third-order valence-corrected chi connectivity index (χ3v) is 8.11. The molecule has 0 aliphatic rings. The van der Waals surface area contributed by atoms with E-state index in [1.165, 1.54) is 48.4 Å². The van der Waals surface area contributed by atoms with Crippen molar-refractivity contribution in [2.45, 2.75) is 38.3 Å². The summed E-state index contributed by atoms with van der Waals surface area (Å²) < 4.78 is 33.6. The Morgan fingerprint density at radius 2 is 1.56 bits per heavy atom. The number of nitro benzene ring substituents is 1. The molecule has 1 atom stereocenters. The number of methoxy groups -OCH3 is 1. The Labute approximate surface area is 239 Å². The second-order valence-electron chi connectivity index (χ2n) is 9.78. The number of hydrogen-bond donors (Lipinski definition) is 1. The van der Waals surface area contributed by atoms with Gasteiger partial charge in [-0.3, -0.25) is 24.0 Å². The van der Waals surface area contributed by atoms with E-state index in [4.69, 9.17) is 4.74 Å². The molecule has 218 valence electrons. The Hall–Kier alpha value is -4.45. The number of carbonyl (C=O) groups is 2. The Bertz CT molecular complexity index is 1440. The van der Waals surface area contributed by atoms with Crippen LogP contribution >= 0.6 is 0 Å². The molecule has 12 heteroatoms. The highest BCUT2D eigenvalue weighted by atomic mass is 32.2. The summed E-state index contributed by atoms with van der Waals surface area (Å²) >= 11 is 0. The Morgan fingerprint density at radius 3 is 2.10 bits per heavy atom. The lowest BCUT2D eigenvalue weighted by molar-refractivity contribution is -0.384. The van der Waals surface area contributed by atoms with Gasteiger partial charge in [0.05, 0.1) is 22.6 Å². The van der Waals surface area contributed by atoms with Gasteiger partial charge in [-0.05, 0) is 54.8 Å². The van der Waals surface area contributed by atoms with E-state index in [1.807, 2.05) is 13.8 Å². The predicted molar refractivity (Wildman–Crippen MR) is 155 cm³/mol. The number of amides is 2. The summed E-state index contributed by atoms with van der Waals surface area (Å²) in [5, 5.41) is 14.0. The van der Waals surface area contributed by atoms with Gasteiger partial charge in [0.15, 0.2) is 0 Å². The monoisotopic (exact) mass is 582 g/mol. The van der Waals surface area contributed by atoms with Crippen molar-refractivity contribution in [3.63, 3.8) is 0 Å². The van der Waals surface area contributed by atoms with Gasteiger partial charge >= 0.3 is 0 Å². The van der Waals surface area contributed by atoms with Gasteiger partial charge in [-0.15, -0.1) is 0 Å². The number of ether oxygens (including phenoxy) is 1. The Kier molecular flexibility index (Phi) is 10.4. The molecule has 2 amide bonds. The van der Waals surface area contributed by atoms with E-state index >= 15 is 0 Å². The van der Waals surface area contributed by atoms with Gasteiger partial charge in [-0.1, -0.05) is 44.2 Å². The van der Waals surface area contributed by atoms with Crippen molar-refractivity contribution < 1.29 is 27.7 Å². The van der Waals surface area contributed by atoms with Crippen molar-refractivity contribution in [3.05, 3.63) is 94.5 Å². The van der Waals surface area contributed by atoms with Gasteiger partial charge < -0.3 is 15.0 Å². The van der Waals surface area contributed by atoms with Crippen molar-refractivity contribution in [3.8, 4) is 5.75 Å². The average molecular weight is 583 g/mol.